The number of nitrogens with one attached hydrogen (secondary N) is 1. The van der Waals surface area contributed by atoms with Crippen LogP contribution in [0.2, 0.25) is 0 Å². The number of benzene rings is 1. The van der Waals surface area contributed by atoms with Gasteiger partial charge in [-0.25, -0.2) is 4.98 Å². The van der Waals surface area contributed by atoms with Gasteiger partial charge < -0.3 is 11.1 Å². The standard InChI is InChI=1S/C15H19N3/c1-11-4-3-5-15(17-11)18-12(2)14-8-6-13(10-16)7-9-14/h3-9,12H,10,16H2,1-2H3,(H,17,18). The fourth-order valence-electron chi connectivity index (χ4n) is 1.87. The summed E-state index contributed by atoms with van der Waals surface area (Å²) >= 11 is 0. The minimum absolute atomic E-state index is 0.228. The number of hydrogen-bond acceptors (Lipinski definition) is 3. The summed E-state index contributed by atoms with van der Waals surface area (Å²) in [5.74, 6) is 0.908. The van der Waals surface area contributed by atoms with Crippen LogP contribution in [0, 0.1) is 6.92 Å². The van der Waals surface area contributed by atoms with Crippen LogP contribution in [-0.2, 0) is 6.54 Å². The molecule has 0 fully saturated rings. The molecule has 1 heterocycles. The van der Waals surface area contributed by atoms with Crippen molar-refractivity contribution >= 4 is 5.82 Å². The molecule has 0 spiro atoms. The molecule has 0 saturated heterocycles. The highest BCUT2D eigenvalue weighted by Gasteiger charge is 2.05. The van der Waals surface area contributed by atoms with Gasteiger partial charge in [-0.1, -0.05) is 30.3 Å². The summed E-state index contributed by atoms with van der Waals surface area (Å²) in [6.45, 7) is 4.70. The quantitative estimate of drug-likeness (QED) is 0.865. The van der Waals surface area contributed by atoms with Crippen LogP contribution in [0.4, 0.5) is 5.82 Å². The number of hydrogen-bond donors (Lipinski definition) is 2. The Morgan fingerprint density at radius 3 is 2.50 bits per heavy atom. The molecule has 0 bridgehead atoms. The summed E-state index contributed by atoms with van der Waals surface area (Å²) in [6.07, 6.45) is 0. The van der Waals surface area contributed by atoms with Crippen molar-refractivity contribution in [1.82, 2.24) is 4.98 Å². The molecule has 1 atom stereocenters. The topological polar surface area (TPSA) is 50.9 Å². The van der Waals surface area contributed by atoms with Crippen LogP contribution in [0.15, 0.2) is 42.5 Å². The summed E-state index contributed by atoms with van der Waals surface area (Å²) in [4.78, 5) is 4.44. The smallest absolute Gasteiger partial charge is 0.126 e. The maximum absolute atomic E-state index is 5.59. The predicted molar refractivity (Wildman–Crippen MR) is 75.3 cm³/mol. The monoisotopic (exact) mass is 241 g/mol. The van der Waals surface area contributed by atoms with Crippen molar-refractivity contribution in [2.45, 2.75) is 26.4 Å². The lowest BCUT2D eigenvalue weighted by Crippen LogP contribution is -2.08. The SMILES string of the molecule is Cc1cccc(NC(C)c2ccc(CN)cc2)n1. The molecule has 18 heavy (non-hydrogen) atoms. The molecule has 1 aromatic carbocycles. The highest BCUT2D eigenvalue weighted by molar-refractivity contribution is 5.39. The van der Waals surface area contributed by atoms with Gasteiger partial charge in [0.15, 0.2) is 0 Å². The molecule has 3 N–H and O–H groups in total. The third kappa shape index (κ3) is 3.08. The Hall–Kier alpha value is -1.87. The highest BCUT2D eigenvalue weighted by Crippen LogP contribution is 2.18. The molecule has 0 aliphatic heterocycles. The first-order chi connectivity index (χ1) is 8.69. The van der Waals surface area contributed by atoms with Gasteiger partial charge in [0.05, 0.1) is 0 Å². The summed E-state index contributed by atoms with van der Waals surface area (Å²) in [7, 11) is 0. The molecule has 2 rings (SSSR count). The lowest BCUT2D eigenvalue weighted by atomic mass is 10.1. The normalized spacial score (nSPS) is 12.2. The largest absolute Gasteiger partial charge is 0.364 e. The van der Waals surface area contributed by atoms with Gasteiger partial charge in [0.2, 0.25) is 0 Å². The Bertz CT molecular complexity index is 505. The lowest BCUT2D eigenvalue weighted by molar-refractivity contribution is 0.870. The first kappa shape index (κ1) is 12.6. The van der Waals surface area contributed by atoms with Gasteiger partial charge in [0.1, 0.15) is 5.82 Å². The van der Waals surface area contributed by atoms with E-state index in [1.165, 1.54) is 5.56 Å². The zero-order chi connectivity index (χ0) is 13.0. The molecule has 0 amide bonds. The van der Waals surface area contributed by atoms with E-state index >= 15 is 0 Å². The molecular weight excluding hydrogens is 222 g/mol. The fraction of sp³-hybridized carbons (Fsp3) is 0.267. The second-order valence-corrected chi connectivity index (χ2v) is 4.48. The van der Waals surface area contributed by atoms with Crippen molar-refractivity contribution in [3.05, 3.63) is 59.3 Å². The molecule has 3 nitrogen and oxygen atoms in total. The molecule has 0 aliphatic rings. The Morgan fingerprint density at radius 2 is 1.89 bits per heavy atom. The molecule has 94 valence electrons. The maximum Gasteiger partial charge on any atom is 0.126 e. The van der Waals surface area contributed by atoms with Gasteiger partial charge in [-0.05, 0) is 37.1 Å². The van der Waals surface area contributed by atoms with E-state index in [0.717, 1.165) is 17.1 Å². The van der Waals surface area contributed by atoms with Gasteiger partial charge in [-0.2, -0.15) is 0 Å². The van der Waals surface area contributed by atoms with E-state index in [1.807, 2.05) is 25.1 Å². The molecule has 1 unspecified atom stereocenters. The number of pyridine rings is 1. The van der Waals surface area contributed by atoms with Crippen molar-refractivity contribution < 1.29 is 0 Å². The maximum atomic E-state index is 5.59. The van der Waals surface area contributed by atoms with Gasteiger partial charge in [-0.15, -0.1) is 0 Å². The van der Waals surface area contributed by atoms with E-state index in [-0.39, 0.29) is 6.04 Å². The minimum atomic E-state index is 0.228. The minimum Gasteiger partial charge on any atom is -0.364 e. The highest BCUT2D eigenvalue weighted by atomic mass is 15.0. The third-order valence-corrected chi connectivity index (χ3v) is 2.97. The molecule has 0 aliphatic carbocycles. The van der Waals surface area contributed by atoms with Gasteiger partial charge in [0, 0.05) is 18.3 Å². The van der Waals surface area contributed by atoms with Crippen molar-refractivity contribution in [3.8, 4) is 0 Å². The average Bonchev–Trinajstić information content (AvgIpc) is 2.39. The Balaban J connectivity index is 2.09. The van der Waals surface area contributed by atoms with Crippen LogP contribution in [0.1, 0.15) is 29.8 Å². The number of nitrogens with zero attached hydrogens (tertiary/aromatic N) is 1. The molecule has 1 aromatic heterocycles. The number of anilines is 1. The number of aromatic nitrogens is 1. The van der Waals surface area contributed by atoms with Crippen LogP contribution >= 0.6 is 0 Å². The second kappa shape index (κ2) is 5.65. The lowest BCUT2D eigenvalue weighted by Gasteiger charge is -2.15. The van der Waals surface area contributed by atoms with Crippen molar-refractivity contribution in [2.24, 2.45) is 5.73 Å². The van der Waals surface area contributed by atoms with E-state index in [0.29, 0.717) is 6.54 Å². The molecule has 2 aromatic rings. The van der Waals surface area contributed by atoms with E-state index in [9.17, 15) is 0 Å². The Labute approximate surface area is 108 Å². The van der Waals surface area contributed by atoms with E-state index in [2.05, 4.69) is 41.5 Å². The van der Waals surface area contributed by atoms with E-state index < -0.39 is 0 Å². The van der Waals surface area contributed by atoms with Crippen LogP contribution in [-0.4, -0.2) is 4.98 Å². The summed E-state index contributed by atoms with van der Waals surface area (Å²) in [5, 5.41) is 3.39. The molecular formula is C15H19N3. The van der Waals surface area contributed by atoms with E-state index in [4.69, 9.17) is 5.73 Å². The first-order valence-electron chi connectivity index (χ1n) is 6.18. The molecule has 0 radical (unpaired) electrons. The Morgan fingerprint density at radius 1 is 1.17 bits per heavy atom. The van der Waals surface area contributed by atoms with Crippen molar-refractivity contribution in [3.63, 3.8) is 0 Å². The van der Waals surface area contributed by atoms with Crippen molar-refractivity contribution in [2.75, 3.05) is 5.32 Å². The van der Waals surface area contributed by atoms with Gasteiger partial charge in [-0.3, -0.25) is 0 Å². The second-order valence-electron chi connectivity index (χ2n) is 4.48. The van der Waals surface area contributed by atoms with Crippen LogP contribution < -0.4 is 11.1 Å². The summed E-state index contributed by atoms with van der Waals surface area (Å²) in [5.41, 5.74) is 8.99. The summed E-state index contributed by atoms with van der Waals surface area (Å²) in [6, 6.07) is 14.6. The predicted octanol–water partition coefficient (Wildman–Crippen LogP) is 3.02. The van der Waals surface area contributed by atoms with E-state index in [1.54, 1.807) is 0 Å². The van der Waals surface area contributed by atoms with Crippen LogP contribution in [0.25, 0.3) is 0 Å². The number of nitrogens with two attached hydrogens (primary N) is 1. The fourth-order valence-corrected chi connectivity index (χ4v) is 1.87. The zero-order valence-corrected chi connectivity index (χ0v) is 10.9. The van der Waals surface area contributed by atoms with Crippen LogP contribution in [0.5, 0.6) is 0 Å². The summed E-state index contributed by atoms with van der Waals surface area (Å²) < 4.78 is 0. The first-order valence-corrected chi connectivity index (χ1v) is 6.18. The molecule has 0 saturated carbocycles. The molecule has 3 heteroatoms. The van der Waals surface area contributed by atoms with Crippen molar-refractivity contribution in [1.29, 1.82) is 0 Å². The van der Waals surface area contributed by atoms with Crippen LogP contribution in [0.3, 0.4) is 0 Å². The number of rotatable bonds is 4. The third-order valence-electron chi connectivity index (χ3n) is 2.97. The van der Waals surface area contributed by atoms with Gasteiger partial charge in [0.25, 0.3) is 0 Å². The number of aryl methyl sites for hydroxylation is 1. The Kier molecular flexibility index (Phi) is 3.95. The average molecular weight is 241 g/mol. The van der Waals surface area contributed by atoms with Gasteiger partial charge >= 0.3 is 0 Å². The zero-order valence-electron chi connectivity index (χ0n) is 10.9.